The van der Waals surface area contributed by atoms with Crippen molar-refractivity contribution in [1.82, 2.24) is 24.9 Å². The summed E-state index contributed by atoms with van der Waals surface area (Å²) in [5.41, 5.74) is 9.09. The molecule has 3 aromatic heterocycles. The van der Waals surface area contributed by atoms with Gasteiger partial charge in [-0.25, -0.2) is 0 Å². The Morgan fingerprint density at radius 2 is 1.97 bits per heavy atom. The van der Waals surface area contributed by atoms with E-state index in [-0.39, 0.29) is 19.1 Å². The number of pyridine rings is 2. The molecule has 4 aromatic rings. The monoisotopic (exact) mass is 460 g/mol. The standard InChI is InChI=1S/C25H28N6O3/c1-25(2,26)24(33)28-21(23-30-29-22-11-5-9-19(14-32)31(22)23)16-34-15-18-7-3-4-10-20(18)17-8-6-12-27-13-17/h3-13,21,32H,14-16,26H2,1-2H3,(H,28,33)/t21-/m1/s1. The number of ether oxygens (including phenoxy) is 1. The maximum absolute atomic E-state index is 12.7. The Bertz CT molecular complexity index is 1270. The number of aliphatic hydroxyl groups excluding tert-OH is 1. The van der Waals surface area contributed by atoms with E-state index in [1.54, 1.807) is 42.6 Å². The van der Waals surface area contributed by atoms with E-state index in [2.05, 4.69) is 20.5 Å². The summed E-state index contributed by atoms with van der Waals surface area (Å²) in [7, 11) is 0. The zero-order valence-electron chi connectivity index (χ0n) is 19.2. The number of nitrogens with zero attached hydrogens (tertiary/aromatic N) is 4. The molecule has 0 radical (unpaired) electrons. The number of hydrogen-bond acceptors (Lipinski definition) is 7. The number of fused-ring (bicyclic) bond motifs is 1. The quantitative estimate of drug-likeness (QED) is 0.350. The second kappa shape index (κ2) is 10.1. The maximum Gasteiger partial charge on any atom is 0.240 e. The topological polar surface area (TPSA) is 128 Å². The molecule has 1 amide bonds. The second-order valence-electron chi connectivity index (χ2n) is 8.59. The van der Waals surface area contributed by atoms with Crippen LogP contribution in [0.15, 0.2) is 67.0 Å². The fourth-order valence-electron chi connectivity index (χ4n) is 3.64. The highest BCUT2D eigenvalue weighted by atomic mass is 16.5. The van der Waals surface area contributed by atoms with Crippen LogP contribution in [-0.4, -0.2) is 42.7 Å². The normalized spacial score (nSPS) is 12.6. The van der Waals surface area contributed by atoms with Gasteiger partial charge in [0.2, 0.25) is 5.91 Å². The molecule has 0 saturated carbocycles. The molecule has 4 rings (SSSR count). The molecule has 0 fully saturated rings. The Hall–Kier alpha value is -3.66. The molecule has 0 unspecified atom stereocenters. The Labute approximate surface area is 197 Å². The van der Waals surface area contributed by atoms with Crippen LogP contribution in [0, 0.1) is 0 Å². The molecule has 1 aromatic carbocycles. The maximum atomic E-state index is 12.7. The summed E-state index contributed by atoms with van der Waals surface area (Å²) < 4.78 is 7.81. The van der Waals surface area contributed by atoms with Gasteiger partial charge >= 0.3 is 0 Å². The molecule has 0 aliphatic rings. The smallest absolute Gasteiger partial charge is 0.240 e. The van der Waals surface area contributed by atoms with Crippen LogP contribution in [0.1, 0.15) is 37.0 Å². The lowest BCUT2D eigenvalue weighted by Crippen LogP contribution is -2.51. The van der Waals surface area contributed by atoms with Gasteiger partial charge in [0, 0.05) is 18.0 Å². The number of nitrogens with two attached hydrogens (primary N) is 1. The molecule has 9 nitrogen and oxygen atoms in total. The molecule has 0 bridgehead atoms. The van der Waals surface area contributed by atoms with Gasteiger partial charge in [-0.1, -0.05) is 36.4 Å². The van der Waals surface area contributed by atoms with Gasteiger partial charge in [-0.15, -0.1) is 10.2 Å². The first-order valence-corrected chi connectivity index (χ1v) is 11.0. The number of rotatable bonds is 9. The summed E-state index contributed by atoms with van der Waals surface area (Å²) in [4.78, 5) is 16.9. The number of benzene rings is 1. The van der Waals surface area contributed by atoms with E-state index in [1.165, 1.54) is 0 Å². The van der Waals surface area contributed by atoms with Crippen LogP contribution < -0.4 is 11.1 Å². The predicted octanol–water partition coefficient (Wildman–Crippen LogP) is 2.40. The van der Waals surface area contributed by atoms with Crippen LogP contribution in [0.25, 0.3) is 16.8 Å². The van der Waals surface area contributed by atoms with Gasteiger partial charge < -0.3 is 20.9 Å². The number of hydrogen-bond donors (Lipinski definition) is 3. The lowest BCUT2D eigenvalue weighted by molar-refractivity contribution is -0.126. The number of amides is 1. The molecule has 0 saturated heterocycles. The lowest BCUT2D eigenvalue weighted by Gasteiger charge is -2.24. The minimum absolute atomic E-state index is 0.129. The van der Waals surface area contributed by atoms with Gasteiger partial charge in [0.15, 0.2) is 11.5 Å². The van der Waals surface area contributed by atoms with Crippen molar-refractivity contribution in [2.75, 3.05) is 6.61 Å². The number of carbonyl (C=O) groups is 1. The highest BCUT2D eigenvalue weighted by molar-refractivity contribution is 5.85. The summed E-state index contributed by atoms with van der Waals surface area (Å²) in [6.45, 7) is 3.50. The van der Waals surface area contributed by atoms with Gasteiger partial charge in [0.1, 0.15) is 6.04 Å². The van der Waals surface area contributed by atoms with Crippen molar-refractivity contribution < 1.29 is 14.6 Å². The first kappa shape index (κ1) is 23.5. The van der Waals surface area contributed by atoms with Crippen molar-refractivity contribution in [2.45, 2.75) is 38.6 Å². The fraction of sp³-hybridized carbons (Fsp3) is 0.280. The van der Waals surface area contributed by atoms with Crippen LogP contribution in [0.4, 0.5) is 0 Å². The van der Waals surface area contributed by atoms with Gasteiger partial charge in [0.05, 0.1) is 31.1 Å². The first-order valence-electron chi connectivity index (χ1n) is 11.0. The van der Waals surface area contributed by atoms with Crippen LogP contribution in [0.3, 0.4) is 0 Å². The molecule has 34 heavy (non-hydrogen) atoms. The fourth-order valence-corrected chi connectivity index (χ4v) is 3.64. The van der Waals surface area contributed by atoms with Crippen LogP contribution >= 0.6 is 0 Å². The minimum atomic E-state index is -1.09. The minimum Gasteiger partial charge on any atom is -0.390 e. The second-order valence-corrected chi connectivity index (χ2v) is 8.59. The predicted molar refractivity (Wildman–Crippen MR) is 127 cm³/mol. The highest BCUT2D eigenvalue weighted by Crippen LogP contribution is 2.24. The van der Waals surface area contributed by atoms with Crippen LogP contribution in [0.5, 0.6) is 0 Å². The molecule has 3 heterocycles. The highest BCUT2D eigenvalue weighted by Gasteiger charge is 2.28. The summed E-state index contributed by atoms with van der Waals surface area (Å²) in [5, 5.41) is 21.2. The molecular formula is C25H28N6O3. The molecule has 0 aliphatic carbocycles. The van der Waals surface area contributed by atoms with Crippen LogP contribution in [0.2, 0.25) is 0 Å². The van der Waals surface area contributed by atoms with Crippen molar-refractivity contribution >= 4 is 11.6 Å². The third-order valence-corrected chi connectivity index (χ3v) is 5.43. The zero-order chi connectivity index (χ0) is 24.1. The average molecular weight is 461 g/mol. The van der Waals surface area contributed by atoms with Gasteiger partial charge in [-0.2, -0.15) is 0 Å². The Morgan fingerprint density at radius 1 is 1.15 bits per heavy atom. The largest absolute Gasteiger partial charge is 0.390 e. The molecule has 9 heteroatoms. The summed E-state index contributed by atoms with van der Waals surface area (Å²) in [5.74, 6) is 0.105. The van der Waals surface area contributed by atoms with Crippen molar-refractivity contribution in [3.63, 3.8) is 0 Å². The van der Waals surface area contributed by atoms with E-state index >= 15 is 0 Å². The number of aromatic nitrogens is 4. The third-order valence-electron chi connectivity index (χ3n) is 5.43. The zero-order valence-corrected chi connectivity index (χ0v) is 19.2. The molecule has 0 aliphatic heterocycles. The third kappa shape index (κ3) is 5.12. The van der Waals surface area contributed by atoms with Crippen molar-refractivity contribution in [1.29, 1.82) is 0 Å². The molecule has 0 spiro atoms. The number of carbonyl (C=O) groups excluding carboxylic acids is 1. The van der Waals surface area contributed by atoms with E-state index < -0.39 is 11.6 Å². The molecular weight excluding hydrogens is 432 g/mol. The molecule has 176 valence electrons. The number of aliphatic hydroxyl groups is 1. The molecule has 1 atom stereocenters. The van der Waals surface area contributed by atoms with E-state index in [0.29, 0.717) is 23.8 Å². The van der Waals surface area contributed by atoms with E-state index in [0.717, 1.165) is 16.7 Å². The van der Waals surface area contributed by atoms with Gasteiger partial charge in [0.25, 0.3) is 0 Å². The average Bonchev–Trinajstić information content (AvgIpc) is 3.28. The SMILES string of the molecule is CC(C)(N)C(=O)N[C@H](COCc1ccccc1-c1cccnc1)c1nnc2cccc(CO)n12. The van der Waals surface area contributed by atoms with Crippen molar-refractivity contribution in [2.24, 2.45) is 5.73 Å². The first-order chi connectivity index (χ1) is 16.4. The summed E-state index contributed by atoms with van der Waals surface area (Å²) in [6.07, 6.45) is 3.54. The van der Waals surface area contributed by atoms with Gasteiger partial charge in [-0.3, -0.25) is 14.2 Å². The summed E-state index contributed by atoms with van der Waals surface area (Å²) >= 11 is 0. The van der Waals surface area contributed by atoms with E-state index in [4.69, 9.17) is 10.5 Å². The Kier molecular flexibility index (Phi) is 6.97. The lowest BCUT2D eigenvalue weighted by atomic mass is 10.0. The van der Waals surface area contributed by atoms with Crippen molar-refractivity contribution in [3.8, 4) is 11.1 Å². The van der Waals surface area contributed by atoms with Crippen LogP contribution in [-0.2, 0) is 22.7 Å². The number of nitrogens with one attached hydrogen (secondary N) is 1. The van der Waals surface area contributed by atoms with Gasteiger partial charge in [-0.05, 0) is 43.2 Å². The van der Waals surface area contributed by atoms with E-state index in [1.807, 2.05) is 42.6 Å². The Balaban J connectivity index is 1.60. The molecule has 4 N–H and O–H groups in total. The van der Waals surface area contributed by atoms with Crippen molar-refractivity contribution in [3.05, 3.63) is 84.1 Å². The summed E-state index contributed by atoms with van der Waals surface area (Å²) in [6, 6.07) is 16.5. The Morgan fingerprint density at radius 3 is 2.71 bits per heavy atom. The van der Waals surface area contributed by atoms with E-state index in [9.17, 15) is 9.90 Å².